The van der Waals surface area contributed by atoms with Crippen LogP contribution in [0.15, 0.2) is 127 Å². The van der Waals surface area contributed by atoms with Crippen LogP contribution in [0.2, 0.25) is 0 Å². The lowest BCUT2D eigenvalue weighted by molar-refractivity contribution is 1.47. The normalized spacial score (nSPS) is 11.5. The predicted molar refractivity (Wildman–Crippen MR) is 173 cm³/mol. The summed E-state index contributed by atoms with van der Waals surface area (Å²) in [5.41, 5.74) is 7.09. The molecule has 0 spiro atoms. The molecule has 186 valence electrons. The minimum absolute atomic E-state index is 0.686. The molecule has 2 heterocycles. The first kappa shape index (κ1) is 23.2. The van der Waals surface area contributed by atoms with Crippen molar-refractivity contribution < 1.29 is 0 Å². The number of thiophene rings is 2. The Balaban J connectivity index is 1.39. The SMILES string of the molecule is N#Cc1cc(-c2ccc3sc4ccccc4c3c2)cc(-c2ccccc2)c1-c1ccc2sc3ccccc3c2c1. The quantitative estimate of drug-likeness (QED) is 0.217. The molecule has 8 rings (SSSR count). The maximum atomic E-state index is 10.5. The molecule has 8 aromatic rings. The molecular formula is C37H21NS2. The van der Waals surface area contributed by atoms with Gasteiger partial charge in [0.15, 0.2) is 0 Å². The van der Waals surface area contributed by atoms with Gasteiger partial charge < -0.3 is 0 Å². The molecule has 0 amide bonds. The van der Waals surface area contributed by atoms with E-state index in [1.54, 1.807) is 0 Å². The van der Waals surface area contributed by atoms with Crippen LogP contribution in [-0.4, -0.2) is 0 Å². The van der Waals surface area contributed by atoms with Crippen molar-refractivity contribution >= 4 is 63.0 Å². The number of hydrogen-bond acceptors (Lipinski definition) is 3. The second-order valence-corrected chi connectivity index (χ2v) is 12.2. The molecule has 0 bridgehead atoms. The Hall–Kier alpha value is -4.75. The van der Waals surface area contributed by atoms with Crippen molar-refractivity contribution in [2.45, 2.75) is 0 Å². The molecule has 3 heteroatoms. The van der Waals surface area contributed by atoms with Crippen LogP contribution in [0.5, 0.6) is 0 Å². The Morgan fingerprint density at radius 2 is 0.975 bits per heavy atom. The summed E-state index contributed by atoms with van der Waals surface area (Å²) in [6.07, 6.45) is 0. The predicted octanol–water partition coefficient (Wildman–Crippen LogP) is 11.3. The number of fused-ring (bicyclic) bond motifs is 6. The molecule has 0 N–H and O–H groups in total. The zero-order chi connectivity index (χ0) is 26.6. The van der Waals surface area contributed by atoms with Gasteiger partial charge >= 0.3 is 0 Å². The Bertz CT molecular complexity index is 2280. The third-order valence-electron chi connectivity index (χ3n) is 7.72. The van der Waals surface area contributed by atoms with Crippen LogP contribution in [0.4, 0.5) is 0 Å². The number of hydrogen-bond donors (Lipinski definition) is 0. The highest BCUT2D eigenvalue weighted by molar-refractivity contribution is 7.26. The van der Waals surface area contributed by atoms with Crippen molar-refractivity contribution in [3.63, 3.8) is 0 Å². The maximum Gasteiger partial charge on any atom is 0.0998 e. The lowest BCUT2D eigenvalue weighted by Crippen LogP contribution is -1.93. The number of nitrogens with zero attached hydrogens (tertiary/aromatic N) is 1. The number of benzene rings is 6. The van der Waals surface area contributed by atoms with Gasteiger partial charge in [0, 0.05) is 45.9 Å². The lowest BCUT2D eigenvalue weighted by Gasteiger charge is -2.16. The van der Waals surface area contributed by atoms with E-state index < -0.39 is 0 Å². The van der Waals surface area contributed by atoms with Crippen molar-refractivity contribution in [3.05, 3.63) is 133 Å². The van der Waals surface area contributed by atoms with Gasteiger partial charge in [-0.3, -0.25) is 0 Å². The molecule has 1 nitrogen and oxygen atoms in total. The fraction of sp³-hybridized carbons (Fsp3) is 0. The van der Waals surface area contributed by atoms with E-state index >= 15 is 0 Å². The summed E-state index contributed by atoms with van der Waals surface area (Å²) < 4.78 is 5.12. The van der Waals surface area contributed by atoms with Crippen LogP contribution in [0.25, 0.3) is 73.7 Å². The minimum Gasteiger partial charge on any atom is -0.192 e. The van der Waals surface area contributed by atoms with Crippen LogP contribution < -0.4 is 0 Å². The van der Waals surface area contributed by atoms with Crippen molar-refractivity contribution in [1.82, 2.24) is 0 Å². The van der Waals surface area contributed by atoms with Gasteiger partial charge in [-0.25, -0.2) is 0 Å². The molecular weight excluding hydrogens is 523 g/mol. The second-order valence-electron chi connectivity index (χ2n) is 10.0. The topological polar surface area (TPSA) is 23.8 Å². The Labute approximate surface area is 239 Å². The van der Waals surface area contributed by atoms with Gasteiger partial charge in [0.1, 0.15) is 0 Å². The van der Waals surface area contributed by atoms with E-state index in [0.29, 0.717) is 5.56 Å². The van der Waals surface area contributed by atoms with E-state index in [9.17, 15) is 5.26 Å². The molecule has 0 fully saturated rings. The average Bonchev–Trinajstić information content (AvgIpc) is 3.58. The molecule has 40 heavy (non-hydrogen) atoms. The number of nitriles is 1. The molecule has 0 aliphatic carbocycles. The standard InChI is InChI=1S/C37H21NS2/c38-22-27-18-26(24-14-16-35-31(19-24)28-10-4-6-12-33(28)39-35)21-30(23-8-2-1-3-9-23)37(27)25-15-17-36-32(20-25)29-11-5-7-13-34(29)40-36/h1-21H. The van der Waals surface area contributed by atoms with Gasteiger partial charge in [-0.2, -0.15) is 5.26 Å². The second kappa shape index (κ2) is 9.17. The van der Waals surface area contributed by atoms with Gasteiger partial charge in [0.25, 0.3) is 0 Å². The third kappa shape index (κ3) is 3.66. The third-order valence-corrected chi connectivity index (χ3v) is 10.0. The van der Waals surface area contributed by atoms with E-state index in [4.69, 9.17) is 0 Å². The minimum atomic E-state index is 0.686. The van der Waals surface area contributed by atoms with Crippen LogP contribution in [0, 0.1) is 11.3 Å². The van der Waals surface area contributed by atoms with Crippen molar-refractivity contribution in [2.24, 2.45) is 0 Å². The van der Waals surface area contributed by atoms with Gasteiger partial charge in [-0.1, -0.05) is 78.9 Å². The van der Waals surface area contributed by atoms with Crippen molar-refractivity contribution in [2.75, 3.05) is 0 Å². The smallest absolute Gasteiger partial charge is 0.0998 e. The first-order valence-electron chi connectivity index (χ1n) is 13.2. The fourth-order valence-corrected chi connectivity index (χ4v) is 8.01. The summed E-state index contributed by atoms with van der Waals surface area (Å²) in [6.45, 7) is 0. The van der Waals surface area contributed by atoms with Gasteiger partial charge in [-0.15, -0.1) is 22.7 Å². The van der Waals surface area contributed by atoms with Gasteiger partial charge in [0.05, 0.1) is 11.6 Å². The Morgan fingerprint density at radius 3 is 1.62 bits per heavy atom. The van der Waals surface area contributed by atoms with E-state index in [0.717, 1.165) is 33.4 Å². The highest BCUT2D eigenvalue weighted by Gasteiger charge is 2.18. The lowest BCUT2D eigenvalue weighted by atomic mass is 9.87. The van der Waals surface area contributed by atoms with Crippen molar-refractivity contribution in [1.29, 1.82) is 5.26 Å². The van der Waals surface area contributed by atoms with E-state index in [1.165, 1.54) is 40.3 Å². The first-order valence-corrected chi connectivity index (χ1v) is 14.9. The van der Waals surface area contributed by atoms with E-state index in [-0.39, 0.29) is 0 Å². The summed E-state index contributed by atoms with van der Waals surface area (Å²) in [6, 6.07) is 47.8. The summed E-state index contributed by atoms with van der Waals surface area (Å²) in [5, 5.41) is 15.5. The largest absolute Gasteiger partial charge is 0.192 e. The number of rotatable bonds is 3. The van der Waals surface area contributed by atoms with E-state index in [2.05, 4.69) is 127 Å². The molecule has 0 atom stereocenters. The average molecular weight is 544 g/mol. The molecule has 0 aliphatic rings. The Kier molecular flexibility index (Phi) is 5.31. The molecule has 6 aromatic carbocycles. The Morgan fingerprint density at radius 1 is 0.425 bits per heavy atom. The van der Waals surface area contributed by atoms with Crippen LogP contribution in [-0.2, 0) is 0 Å². The zero-order valence-electron chi connectivity index (χ0n) is 21.4. The monoisotopic (exact) mass is 543 g/mol. The van der Waals surface area contributed by atoms with Crippen LogP contribution >= 0.6 is 22.7 Å². The molecule has 0 unspecified atom stereocenters. The van der Waals surface area contributed by atoms with Crippen LogP contribution in [0.1, 0.15) is 5.56 Å². The van der Waals surface area contributed by atoms with Gasteiger partial charge in [0.2, 0.25) is 0 Å². The molecule has 0 aliphatic heterocycles. The molecule has 0 radical (unpaired) electrons. The molecule has 2 aromatic heterocycles. The molecule has 0 saturated carbocycles. The van der Waals surface area contributed by atoms with Crippen LogP contribution in [0.3, 0.4) is 0 Å². The zero-order valence-corrected chi connectivity index (χ0v) is 23.0. The maximum absolute atomic E-state index is 10.5. The highest BCUT2D eigenvalue weighted by Crippen LogP contribution is 2.43. The first-order chi connectivity index (χ1) is 19.8. The fourth-order valence-electron chi connectivity index (χ4n) is 5.84. The van der Waals surface area contributed by atoms with E-state index in [1.807, 2.05) is 28.7 Å². The van der Waals surface area contributed by atoms with Crippen molar-refractivity contribution in [3.8, 4) is 39.4 Å². The summed E-state index contributed by atoms with van der Waals surface area (Å²) >= 11 is 3.64. The summed E-state index contributed by atoms with van der Waals surface area (Å²) in [4.78, 5) is 0. The highest BCUT2D eigenvalue weighted by atomic mass is 32.1. The van der Waals surface area contributed by atoms with Gasteiger partial charge in [-0.05, 0) is 76.3 Å². The summed E-state index contributed by atoms with van der Waals surface area (Å²) in [7, 11) is 0. The summed E-state index contributed by atoms with van der Waals surface area (Å²) in [5.74, 6) is 0. The molecule has 0 saturated heterocycles.